The van der Waals surface area contributed by atoms with Crippen LogP contribution in [0.3, 0.4) is 0 Å². The molecular weight excluding hydrogens is 206 g/mol. The van der Waals surface area contributed by atoms with Crippen LogP contribution in [0.1, 0.15) is 5.56 Å². The van der Waals surface area contributed by atoms with E-state index in [2.05, 4.69) is 10.1 Å². The van der Waals surface area contributed by atoms with Crippen LogP contribution in [-0.2, 0) is 14.3 Å². The summed E-state index contributed by atoms with van der Waals surface area (Å²) in [6.45, 7) is 1.93. The van der Waals surface area contributed by atoms with Crippen molar-refractivity contribution in [1.82, 2.24) is 0 Å². The van der Waals surface area contributed by atoms with Gasteiger partial charge in [-0.15, -0.1) is 0 Å². The largest absolute Gasteiger partial charge is 0.466 e. The zero-order valence-electron chi connectivity index (χ0n) is 9.19. The lowest BCUT2D eigenvalue weighted by atomic mass is 10.2. The number of hydrogen-bond donors (Lipinski definition) is 1. The number of nitrogens with one attached hydrogen (secondary N) is 1. The molecule has 0 aromatic heterocycles. The predicted octanol–water partition coefficient (Wildman–Crippen LogP) is 1.66. The summed E-state index contributed by atoms with van der Waals surface area (Å²) < 4.78 is 4.36. The summed E-state index contributed by atoms with van der Waals surface area (Å²) in [6, 6.07) is 7.38. The smallest absolute Gasteiger partial charge is 0.330 e. The molecule has 4 heteroatoms. The number of rotatable bonds is 3. The van der Waals surface area contributed by atoms with Crippen LogP contribution in [0.5, 0.6) is 0 Å². The highest BCUT2D eigenvalue weighted by Crippen LogP contribution is 2.09. The summed E-state index contributed by atoms with van der Waals surface area (Å²) >= 11 is 0. The zero-order valence-corrected chi connectivity index (χ0v) is 9.19. The maximum Gasteiger partial charge on any atom is 0.330 e. The Bertz CT molecular complexity index is 424. The number of esters is 1. The van der Waals surface area contributed by atoms with Crippen LogP contribution in [0, 0.1) is 6.92 Å². The van der Waals surface area contributed by atoms with Crippen molar-refractivity contribution in [2.75, 3.05) is 12.4 Å². The summed E-state index contributed by atoms with van der Waals surface area (Å²) in [7, 11) is 1.26. The molecule has 1 amide bonds. The standard InChI is InChI=1S/C12H13NO3/c1-9-4-3-5-10(8-9)13-11(14)6-7-12(15)16-2/h3-8H,1-2H3,(H,13,14)/b7-6-. The van der Waals surface area contributed by atoms with Crippen LogP contribution in [0.2, 0.25) is 0 Å². The number of anilines is 1. The second-order valence-electron chi connectivity index (χ2n) is 3.22. The van der Waals surface area contributed by atoms with Crippen molar-refractivity contribution in [2.24, 2.45) is 0 Å². The van der Waals surface area contributed by atoms with Crippen LogP contribution in [0.25, 0.3) is 0 Å². The van der Waals surface area contributed by atoms with E-state index in [0.717, 1.165) is 17.7 Å². The second kappa shape index (κ2) is 5.70. The molecule has 1 rings (SSSR count). The van der Waals surface area contributed by atoms with E-state index in [1.165, 1.54) is 7.11 Å². The minimum atomic E-state index is -0.556. The minimum Gasteiger partial charge on any atom is -0.466 e. The molecule has 0 spiro atoms. The normalized spacial score (nSPS) is 10.1. The zero-order chi connectivity index (χ0) is 12.0. The predicted molar refractivity (Wildman–Crippen MR) is 61.0 cm³/mol. The number of aryl methyl sites for hydroxylation is 1. The van der Waals surface area contributed by atoms with Gasteiger partial charge < -0.3 is 10.1 Å². The third-order valence-electron chi connectivity index (χ3n) is 1.86. The van der Waals surface area contributed by atoms with Crippen molar-refractivity contribution in [3.05, 3.63) is 42.0 Å². The number of methoxy groups -OCH3 is 1. The molecule has 0 radical (unpaired) electrons. The van der Waals surface area contributed by atoms with Gasteiger partial charge in [-0.1, -0.05) is 12.1 Å². The Kier molecular flexibility index (Phi) is 4.27. The van der Waals surface area contributed by atoms with Gasteiger partial charge >= 0.3 is 5.97 Å². The first-order valence-corrected chi connectivity index (χ1v) is 4.75. The molecule has 0 aliphatic heterocycles. The van der Waals surface area contributed by atoms with E-state index in [0.29, 0.717) is 5.69 Å². The van der Waals surface area contributed by atoms with Crippen LogP contribution >= 0.6 is 0 Å². The fourth-order valence-corrected chi connectivity index (χ4v) is 1.12. The molecular formula is C12H13NO3. The summed E-state index contributed by atoms with van der Waals surface area (Å²) in [4.78, 5) is 22.1. The van der Waals surface area contributed by atoms with Gasteiger partial charge in [0.1, 0.15) is 0 Å². The van der Waals surface area contributed by atoms with Gasteiger partial charge in [-0.2, -0.15) is 0 Å². The summed E-state index contributed by atoms with van der Waals surface area (Å²) in [6.07, 6.45) is 2.21. The van der Waals surface area contributed by atoms with Gasteiger partial charge in [0.15, 0.2) is 0 Å². The van der Waals surface area contributed by atoms with Crippen LogP contribution in [0.4, 0.5) is 5.69 Å². The molecule has 1 aromatic rings. The average molecular weight is 219 g/mol. The van der Waals surface area contributed by atoms with E-state index in [1.807, 2.05) is 25.1 Å². The van der Waals surface area contributed by atoms with Crippen molar-refractivity contribution >= 4 is 17.6 Å². The highest BCUT2D eigenvalue weighted by atomic mass is 16.5. The molecule has 0 saturated heterocycles. The molecule has 0 unspecified atom stereocenters. The number of amides is 1. The lowest BCUT2D eigenvalue weighted by Crippen LogP contribution is -2.09. The van der Waals surface area contributed by atoms with E-state index in [1.54, 1.807) is 6.07 Å². The maximum atomic E-state index is 11.3. The number of carbonyl (C=O) groups excluding carboxylic acids is 2. The van der Waals surface area contributed by atoms with Gasteiger partial charge in [0.25, 0.3) is 0 Å². The molecule has 0 aliphatic rings. The van der Waals surface area contributed by atoms with E-state index in [4.69, 9.17) is 0 Å². The number of carbonyl (C=O) groups is 2. The molecule has 1 aromatic carbocycles. The van der Waals surface area contributed by atoms with Gasteiger partial charge in [0.05, 0.1) is 7.11 Å². The summed E-state index contributed by atoms with van der Waals surface area (Å²) in [5.41, 5.74) is 1.74. The van der Waals surface area contributed by atoms with Crippen LogP contribution < -0.4 is 5.32 Å². The highest BCUT2D eigenvalue weighted by molar-refractivity contribution is 6.02. The topological polar surface area (TPSA) is 55.4 Å². The molecule has 0 heterocycles. The number of benzene rings is 1. The van der Waals surface area contributed by atoms with Crippen molar-refractivity contribution in [2.45, 2.75) is 6.92 Å². The Hall–Kier alpha value is -2.10. The molecule has 0 atom stereocenters. The van der Waals surface area contributed by atoms with Gasteiger partial charge in [-0.3, -0.25) is 4.79 Å². The fraction of sp³-hybridized carbons (Fsp3) is 0.167. The SMILES string of the molecule is COC(=O)/C=C\C(=O)Nc1cccc(C)c1. The van der Waals surface area contributed by atoms with E-state index in [9.17, 15) is 9.59 Å². The Morgan fingerprint density at radius 3 is 2.69 bits per heavy atom. The summed E-state index contributed by atoms with van der Waals surface area (Å²) in [5.74, 6) is -0.921. The first kappa shape index (κ1) is 12.0. The lowest BCUT2D eigenvalue weighted by Gasteiger charge is -2.02. The number of hydrogen-bond acceptors (Lipinski definition) is 3. The Labute approximate surface area is 93.9 Å². The third kappa shape index (κ3) is 3.96. The van der Waals surface area contributed by atoms with Crippen molar-refractivity contribution in [3.63, 3.8) is 0 Å². The molecule has 1 N–H and O–H groups in total. The van der Waals surface area contributed by atoms with E-state index >= 15 is 0 Å². The van der Waals surface area contributed by atoms with Crippen LogP contribution in [0.15, 0.2) is 36.4 Å². The third-order valence-corrected chi connectivity index (χ3v) is 1.86. The van der Waals surface area contributed by atoms with Crippen LogP contribution in [-0.4, -0.2) is 19.0 Å². The Morgan fingerprint density at radius 2 is 2.06 bits per heavy atom. The molecule has 16 heavy (non-hydrogen) atoms. The Balaban J connectivity index is 2.58. The highest BCUT2D eigenvalue weighted by Gasteiger charge is 1.99. The van der Waals surface area contributed by atoms with E-state index in [-0.39, 0.29) is 5.91 Å². The average Bonchev–Trinajstić information content (AvgIpc) is 2.26. The maximum absolute atomic E-state index is 11.3. The molecule has 0 bridgehead atoms. The molecule has 0 saturated carbocycles. The van der Waals surface area contributed by atoms with Gasteiger partial charge in [-0.25, -0.2) is 4.79 Å². The Morgan fingerprint density at radius 1 is 1.31 bits per heavy atom. The van der Waals surface area contributed by atoms with E-state index < -0.39 is 5.97 Å². The fourth-order valence-electron chi connectivity index (χ4n) is 1.12. The van der Waals surface area contributed by atoms with Crippen molar-refractivity contribution < 1.29 is 14.3 Å². The number of ether oxygens (including phenoxy) is 1. The minimum absolute atomic E-state index is 0.365. The lowest BCUT2D eigenvalue weighted by molar-refractivity contribution is -0.135. The molecule has 4 nitrogen and oxygen atoms in total. The van der Waals surface area contributed by atoms with Gasteiger partial charge in [0, 0.05) is 17.8 Å². The van der Waals surface area contributed by atoms with Crippen molar-refractivity contribution in [3.8, 4) is 0 Å². The first-order chi connectivity index (χ1) is 7.61. The quantitative estimate of drug-likeness (QED) is 0.621. The molecule has 0 aliphatic carbocycles. The second-order valence-corrected chi connectivity index (χ2v) is 3.22. The summed E-state index contributed by atoms with van der Waals surface area (Å²) in [5, 5.41) is 2.63. The first-order valence-electron chi connectivity index (χ1n) is 4.75. The van der Waals surface area contributed by atoms with Gasteiger partial charge in [-0.05, 0) is 24.6 Å². The monoisotopic (exact) mass is 219 g/mol. The molecule has 84 valence electrons. The van der Waals surface area contributed by atoms with Gasteiger partial charge in [0.2, 0.25) is 5.91 Å². The van der Waals surface area contributed by atoms with Crippen molar-refractivity contribution in [1.29, 1.82) is 0 Å². The molecule has 0 fully saturated rings.